The lowest BCUT2D eigenvalue weighted by atomic mass is 10.1. The summed E-state index contributed by atoms with van der Waals surface area (Å²) in [4.78, 5) is 12.8. The molecule has 0 aliphatic carbocycles. The Labute approximate surface area is 131 Å². The largest absolute Gasteiger partial charge is 0.372 e. The molecule has 3 rings (SSSR count). The van der Waals surface area contributed by atoms with Gasteiger partial charge in [0.05, 0.1) is 21.1 Å². The van der Waals surface area contributed by atoms with E-state index in [-0.39, 0.29) is 5.95 Å². The van der Waals surface area contributed by atoms with Gasteiger partial charge in [0.15, 0.2) is 5.65 Å². The average Bonchev–Trinajstić information content (AvgIpc) is 2.45. The Hall–Kier alpha value is -2.11. The Morgan fingerprint density at radius 3 is 2.38 bits per heavy atom. The van der Waals surface area contributed by atoms with Crippen LogP contribution in [0.15, 0.2) is 30.3 Å². The molecule has 0 unspecified atom stereocenters. The smallest absolute Gasteiger partial charge is 0.224 e. The van der Waals surface area contributed by atoms with Crippen LogP contribution in [-0.4, -0.2) is 22.0 Å². The Bertz CT molecular complexity index is 815. The molecule has 0 saturated carbocycles. The van der Waals surface area contributed by atoms with Gasteiger partial charge >= 0.3 is 0 Å². The highest BCUT2D eigenvalue weighted by atomic mass is 35.5. The van der Waals surface area contributed by atoms with Crippen LogP contribution in [0.4, 0.5) is 11.8 Å². The van der Waals surface area contributed by atoms with Crippen LogP contribution in [0.3, 0.4) is 0 Å². The fraction of sp³-hybridized carbons (Fsp3) is 0.0714. The number of hydrogen-bond donors (Lipinski definition) is 2. The van der Waals surface area contributed by atoms with Crippen molar-refractivity contribution in [2.24, 2.45) is 0 Å². The number of pyridine rings is 1. The number of nitrogens with one attached hydrogen (secondary N) is 1. The number of fused-ring (bicyclic) bond motifs is 1. The second-order valence-corrected chi connectivity index (χ2v) is 5.16. The lowest BCUT2D eigenvalue weighted by Crippen LogP contribution is -2.02. The van der Waals surface area contributed by atoms with Gasteiger partial charge in [0.25, 0.3) is 0 Å². The van der Waals surface area contributed by atoms with Crippen LogP contribution in [0.25, 0.3) is 22.3 Å². The van der Waals surface area contributed by atoms with E-state index in [0.717, 1.165) is 5.39 Å². The lowest BCUT2D eigenvalue weighted by Gasteiger charge is -2.09. The molecule has 2 aromatic heterocycles. The standard InChI is InChI=1S/C14H11Cl2N5/c1-18-12-7-5-6-10(19-13(7)21-14(17)20-12)11-8(15)3-2-4-9(11)16/h2-6H,1H3,(H3,17,18,19,20,21). The topological polar surface area (TPSA) is 76.7 Å². The first-order chi connectivity index (χ1) is 10.1. The first-order valence-electron chi connectivity index (χ1n) is 6.16. The maximum absolute atomic E-state index is 6.21. The molecule has 0 aliphatic rings. The molecular formula is C14H11Cl2N5. The highest BCUT2D eigenvalue weighted by molar-refractivity contribution is 6.39. The fourth-order valence-corrected chi connectivity index (χ4v) is 2.69. The Kier molecular flexibility index (Phi) is 3.53. The molecule has 3 N–H and O–H groups in total. The van der Waals surface area contributed by atoms with Crippen molar-refractivity contribution >= 4 is 46.0 Å². The van der Waals surface area contributed by atoms with E-state index >= 15 is 0 Å². The van der Waals surface area contributed by atoms with E-state index in [4.69, 9.17) is 28.9 Å². The molecule has 2 heterocycles. The molecule has 0 bridgehead atoms. The molecular weight excluding hydrogens is 309 g/mol. The summed E-state index contributed by atoms with van der Waals surface area (Å²) in [6.45, 7) is 0. The molecule has 7 heteroatoms. The molecule has 106 valence electrons. The Balaban J connectivity index is 2.27. The maximum Gasteiger partial charge on any atom is 0.224 e. The van der Waals surface area contributed by atoms with Gasteiger partial charge in [0.2, 0.25) is 5.95 Å². The van der Waals surface area contributed by atoms with Crippen LogP contribution in [0.1, 0.15) is 0 Å². The van der Waals surface area contributed by atoms with E-state index in [1.54, 1.807) is 25.2 Å². The third-order valence-corrected chi connectivity index (χ3v) is 3.66. The molecule has 3 aromatic rings. The molecule has 0 atom stereocenters. The van der Waals surface area contributed by atoms with Crippen LogP contribution >= 0.6 is 23.2 Å². The predicted molar refractivity (Wildman–Crippen MR) is 86.7 cm³/mol. The minimum atomic E-state index is 0.154. The summed E-state index contributed by atoms with van der Waals surface area (Å²) in [6, 6.07) is 9.01. The molecule has 0 spiro atoms. The van der Waals surface area contributed by atoms with Crippen molar-refractivity contribution in [3.63, 3.8) is 0 Å². The van der Waals surface area contributed by atoms with Gasteiger partial charge in [0.1, 0.15) is 5.82 Å². The third-order valence-electron chi connectivity index (χ3n) is 3.03. The summed E-state index contributed by atoms with van der Waals surface area (Å²) < 4.78 is 0. The van der Waals surface area contributed by atoms with Crippen molar-refractivity contribution in [3.8, 4) is 11.3 Å². The summed E-state index contributed by atoms with van der Waals surface area (Å²) in [6.07, 6.45) is 0. The second kappa shape index (κ2) is 5.35. The molecule has 0 aliphatic heterocycles. The van der Waals surface area contributed by atoms with Crippen molar-refractivity contribution in [2.75, 3.05) is 18.1 Å². The van der Waals surface area contributed by atoms with E-state index in [0.29, 0.717) is 32.8 Å². The van der Waals surface area contributed by atoms with Crippen molar-refractivity contribution in [1.82, 2.24) is 15.0 Å². The number of hydrogen-bond acceptors (Lipinski definition) is 5. The third kappa shape index (κ3) is 2.46. The van der Waals surface area contributed by atoms with Crippen LogP contribution in [-0.2, 0) is 0 Å². The van der Waals surface area contributed by atoms with E-state index in [9.17, 15) is 0 Å². The van der Waals surface area contributed by atoms with Crippen molar-refractivity contribution in [1.29, 1.82) is 0 Å². The van der Waals surface area contributed by atoms with Gasteiger partial charge in [-0.1, -0.05) is 29.3 Å². The number of nitrogens with two attached hydrogens (primary N) is 1. The van der Waals surface area contributed by atoms with E-state index in [1.807, 2.05) is 12.1 Å². The summed E-state index contributed by atoms with van der Waals surface area (Å²) in [5, 5.41) is 4.81. The number of nitrogen functional groups attached to an aromatic ring is 1. The lowest BCUT2D eigenvalue weighted by molar-refractivity contribution is 1.19. The molecule has 0 saturated heterocycles. The fourth-order valence-electron chi connectivity index (χ4n) is 2.10. The number of anilines is 2. The van der Waals surface area contributed by atoms with Crippen LogP contribution in [0.5, 0.6) is 0 Å². The highest BCUT2D eigenvalue weighted by Crippen LogP contribution is 2.34. The van der Waals surface area contributed by atoms with Crippen LogP contribution in [0.2, 0.25) is 10.0 Å². The SMILES string of the molecule is CNc1nc(N)nc2nc(-c3c(Cl)cccc3Cl)ccc12. The first kappa shape index (κ1) is 13.9. The number of aromatic nitrogens is 3. The zero-order chi connectivity index (χ0) is 15.0. The van der Waals surface area contributed by atoms with Gasteiger partial charge in [-0.2, -0.15) is 9.97 Å². The normalized spacial score (nSPS) is 10.8. The van der Waals surface area contributed by atoms with Crippen molar-refractivity contribution in [3.05, 3.63) is 40.4 Å². The summed E-state index contributed by atoms with van der Waals surface area (Å²) in [5.74, 6) is 0.781. The van der Waals surface area contributed by atoms with Crippen LogP contribution < -0.4 is 11.1 Å². The molecule has 0 fully saturated rings. The zero-order valence-corrected chi connectivity index (χ0v) is 12.6. The van der Waals surface area contributed by atoms with Gasteiger partial charge < -0.3 is 11.1 Å². The van der Waals surface area contributed by atoms with Crippen LogP contribution in [0, 0.1) is 0 Å². The summed E-state index contributed by atoms with van der Waals surface area (Å²) in [5.41, 5.74) is 7.49. The molecule has 1 aromatic carbocycles. The number of benzene rings is 1. The molecule has 5 nitrogen and oxygen atoms in total. The monoisotopic (exact) mass is 319 g/mol. The summed E-state index contributed by atoms with van der Waals surface area (Å²) >= 11 is 12.4. The maximum atomic E-state index is 6.21. The van der Waals surface area contributed by atoms with Gasteiger partial charge in [0, 0.05) is 12.6 Å². The second-order valence-electron chi connectivity index (χ2n) is 4.34. The van der Waals surface area contributed by atoms with Gasteiger partial charge in [-0.15, -0.1) is 0 Å². The van der Waals surface area contributed by atoms with Crippen molar-refractivity contribution < 1.29 is 0 Å². The predicted octanol–water partition coefficient (Wildman–Crippen LogP) is 3.62. The zero-order valence-electron chi connectivity index (χ0n) is 11.1. The summed E-state index contributed by atoms with van der Waals surface area (Å²) in [7, 11) is 1.76. The van der Waals surface area contributed by atoms with Gasteiger partial charge in [-0.25, -0.2) is 4.98 Å². The Morgan fingerprint density at radius 2 is 1.71 bits per heavy atom. The average molecular weight is 320 g/mol. The number of halogens is 2. The molecule has 0 radical (unpaired) electrons. The van der Waals surface area contributed by atoms with E-state index < -0.39 is 0 Å². The minimum Gasteiger partial charge on any atom is -0.372 e. The number of nitrogens with zero attached hydrogens (tertiary/aromatic N) is 3. The molecule has 21 heavy (non-hydrogen) atoms. The highest BCUT2D eigenvalue weighted by Gasteiger charge is 2.12. The first-order valence-corrected chi connectivity index (χ1v) is 6.92. The van der Waals surface area contributed by atoms with E-state index in [1.165, 1.54) is 0 Å². The van der Waals surface area contributed by atoms with E-state index in [2.05, 4.69) is 20.3 Å². The Morgan fingerprint density at radius 1 is 1.00 bits per heavy atom. The van der Waals surface area contributed by atoms with Crippen molar-refractivity contribution in [2.45, 2.75) is 0 Å². The molecule has 0 amide bonds. The minimum absolute atomic E-state index is 0.154. The van der Waals surface area contributed by atoms with Gasteiger partial charge in [-0.3, -0.25) is 0 Å². The quantitative estimate of drug-likeness (QED) is 0.754. The number of rotatable bonds is 2. The van der Waals surface area contributed by atoms with Gasteiger partial charge in [-0.05, 0) is 24.3 Å².